The number of ether oxygens (including phenoxy) is 2. The first-order chi connectivity index (χ1) is 16.9. The standard InChI is InChI=1S/C28H36FN3O3/c1-4-34-27(33)26-20-31(18-19-35-25-12-10-24(29)11-13-25)16-17-32(26)15-14-28(21-30,22(2)3)23-8-6-5-7-9-23/h5-13,22,26H,4,14-20H2,1-3H3. The molecule has 1 aliphatic rings. The Morgan fingerprint density at radius 3 is 2.49 bits per heavy atom. The van der Waals surface area contributed by atoms with Gasteiger partial charge < -0.3 is 9.47 Å². The second kappa shape index (κ2) is 12.7. The van der Waals surface area contributed by atoms with Gasteiger partial charge in [0.05, 0.1) is 18.1 Å². The lowest BCUT2D eigenvalue weighted by Gasteiger charge is -2.41. The molecule has 0 radical (unpaired) electrons. The summed E-state index contributed by atoms with van der Waals surface area (Å²) in [6.07, 6.45) is 0.634. The maximum absolute atomic E-state index is 13.1. The summed E-state index contributed by atoms with van der Waals surface area (Å²) in [6.45, 7) is 10.1. The van der Waals surface area contributed by atoms with Crippen molar-refractivity contribution in [3.8, 4) is 11.8 Å². The Labute approximate surface area is 208 Å². The van der Waals surface area contributed by atoms with Crippen LogP contribution in [0.4, 0.5) is 4.39 Å². The van der Waals surface area contributed by atoms with E-state index >= 15 is 0 Å². The van der Waals surface area contributed by atoms with Crippen LogP contribution in [0.25, 0.3) is 0 Å². The third-order valence-electron chi connectivity index (χ3n) is 6.89. The molecule has 6 nitrogen and oxygen atoms in total. The molecule has 0 spiro atoms. The van der Waals surface area contributed by atoms with Crippen molar-refractivity contribution in [3.05, 3.63) is 66.0 Å². The van der Waals surface area contributed by atoms with Crippen molar-refractivity contribution in [1.29, 1.82) is 5.26 Å². The number of nitrogens with zero attached hydrogens (tertiary/aromatic N) is 3. The average Bonchev–Trinajstić information content (AvgIpc) is 2.87. The van der Waals surface area contributed by atoms with E-state index in [1.807, 2.05) is 37.3 Å². The molecule has 1 fully saturated rings. The molecule has 0 saturated carbocycles. The largest absolute Gasteiger partial charge is 0.492 e. The van der Waals surface area contributed by atoms with Crippen LogP contribution < -0.4 is 4.74 Å². The van der Waals surface area contributed by atoms with Gasteiger partial charge in [-0.25, -0.2) is 4.39 Å². The van der Waals surface area contributed by atoms with Gasteiger partial charge in [-0.3, -0.25) is 14.6 Å². The number of hydrogen-bond donors (Lipinski definition) is 0. The molecule has 0 N–H and O–H groups in total. The highest BCUT2D eigenvalue weighted by atomic mass is 19.1. The van der Waals surface area contributed by atoms with Crippen LogP contribution in [0.3, 0.4) is 0 Å². The molecule has 35 heavy (non-hydrogen) atoms. The number of nitriles is 1. The monoisotopic (exact) mass is 481 g/mol. The molecule has 2 atom stereocenters. The van der Waals surface area contributed by atoms with E-state index in [9.17, 15) is 14.4 Å². The molecule has 188 valence electrons. The lowest BCUT2D eigenvalue weighted by molar-refractivity contribution is -0.152. The predicted octanol–water partition coefficient (Wildman–Crippen LogP) is 4.26. The number of rotatable bonds is 11. The summed E-state index contributed by atoms with van der Waals surface area (Å²) < 4.78 is 24.2. The van der Waals surface area contributed by atoms with E-state index in [0.717, 1.165) is 12.1 Å². The van der Waals surface area contributed by atoms with Crippen LogP contribution in [0.5, 0.6) is 5.75 Å². The molecule has 1 aliphatic heterocycles. The first-order valence-corrected chi connectivity index (χ1v) is 12.4. The third kappa shape index (κ3) is 6.81. The Morgan fingerprint density at radius 1 is 1.14 bits per heavy atom. The van der Waals surface area contributed by atoms with E-state index in [2.05, 4.69) is 29.7 Å². The van der Waals surface area contributed by atoms with Crippen molar-refractivity contribution in [3.63, 3.8) is 0 Å². The van der Waals surface area contributed by atoms with Gasteiger partial charge in [0.25, 0.3) is 0 Å². The summed E-state index contributed by atoms with van der Waals surface area (Å²) in [7, 11) is 0. The molecule has 2 unspecified atom stereocenters. The van der Waals surface area contributed by atoms with Gasteiger partial charge in [-0.2, -0.15) is 5.26 Å². The first-order valence-electron chi connectivity index (χ1n) is 12.4. The minimum Gasteiger partial charge on any atom is -0.492 e. The maximum Gasteiger partial charge on any atom is 0.324 e. The minimum absolute atomic E-state index is 0.126. The van der Waals surface area contributed by atoms with Crippen LogP contribution in [-0.4, -0.2) is 67.7 Å². The van der Waals surface area contributed by atoms with Crippen LogP contribution in [0, 0.1) is 23.1 Å². The van der Waals surface area contributed by atoms with E-state index < -0.39 is 11.5 Å². The molecule has 0 amide bonds. The van der Waals surface area contributed by atoms with Crippen LogP contribution in [0.1, 0.15) is 32.8 Å². The van der Waals surface area contributed by atoms with Crippen LogP contribution in [0.2, 0.25) is 0 Å². The Kier molecular flexibility index (Phi) is 9.64. The summed E-state index contributed by atoms with van der Waals surface area (Å²) in [5.41, 5.74) is 0.391. The first kappa shape index (κ1) is 26.7. The summed E-state index contributed by atoms with van der Waals surface area (Å²) in [5, 5.41) is 10.2. The van der Waals surface area contributed by atoms with Gasteiger partial charge >= 0.3 is 5.97 Å². The lowest BCUT2D eigenvalue weighted by atomic mass is 9.70. The topological polar surface area (TPSA) is 65.8 Å². The summed E-state index contributed by atoms with van der Waals surface area (Å²) in [6, 6.07) is 18.1. The fraction of sp³-hybridized carbons (Fsp3) is 0.500. The minimum atomic E-state index is -0.624. The molecule has 3 rings (SSSR count). The number of hydrogen-bond acceptors (Lipinski definition) is 6. The normalized spacial score (nSPS) is 18.6. The fourth-order valence-corrected chi connectivity index (χ4v) is 4.70. The quantitative estimate of drug-likeness (QED) is 0.447. The molecule has 2 aromatic carbocycles. The van der Waals surface area contributed by atoms with Crippen molar-refractivity contribution in [2.45, 2.75) is 38.6 Å². The van der Waals surface area contributed by atoms with Gasteiger partial charge in [-0.05, 0) is 49.1 Å². The van der Waals surface area contributed by atoms with Crippen LogP contribution >= 0.6 is 0 Å². The molecule has 2 aromatic rings. The van der Waals surface area contributed by atoms with E-state index in [0.29, 0.717) is 51.6 Å². The molecule has 0 aliphatic carbocycles. The third-order valence-corrected chi connectivity index (χ3v) is 6.89. The molecule has 0 bridgehead atoms. The van der Waals surface area contributed by atoms with E-state index in [4.69, 9.17) is 9.47 Å². The van der Waals surface area contributed by atoms with Gasteiger partial charge in [0.1, 0.15) is 24.2 Å². The van der Waals surface area contributed by atoms with Crippen molar-refractivity contribution >= 4 is 5.97 Å². The van der Waals surface area contributed by atoms with Gasteiger partial charge in [0, 0.05) is 32.7 Å². The van der Waals surface area contributed by atoms with E-state index in [1.165, 1.54) is 12.1 Å². The average molecular weight is 482 g/mol. The zero-order valence-electron chi connectivity index (χ0n) is 21.0. The van der Waals surface area contributed by atoms with Crippen molar-refractivity contribution < 1.29 is 18.7 Å². The van der Waals surface area contributed by atoms with Crippen molar-refractivity contribution in [2.75, 3.05) is 45.9 Å². The number of benzene rings is 2. The zero-order chi connectivity index (χ0) is 25.3. The number of esters is 1. The summed E-state index contributed by atoms with van der Waals surface area (Å²) in [5.74, 6) is 0.217. The predicted molar refractivity (Wildman–Crippen MR) is 134 cm³/mol. The van der Waals surface area contributed by atoms with Gasteiger partial charge in [0.15, 0.2) is 0 Å². The number of carbonyl (C=O) groups excluding carboxylic acids is 1. The Hall–Kier alpha value is -2.95. The van der Waals surface area contributed by atoms with E-state index in [-0.39, 0.29) is 17.7 Å². The Bertz CT molecular complexity index is 977. The Morgan fingerprint density at radius 2 is 1.86 bits per heavy atom. The second-order valence-electron chi connectivity index (χ2n) is 9.26. The fourth-order valence-electron chi connectivity index (χ4n) is 4.70. The van der Waals surface area contributed by atoms with Crippen molar-refractivity contribution in [1.82, 2.24) is 9.80 Å². The molecule has 0 aromatic heterocycles. The molecular weight excluding hydrogens is 445 g/mol. The number of carbonyl (C=O) groups is 1. The number of halogens is 1. The molecule has 7 heteroatoms. The summed E-state index contributed by atoms with van der Waals surface area (Å²) >= 11 is 0. The SMILES string of the molecule is CCOC(=O)C1CN(CCOc2ccc(F)cc2)CCN1CCC(C#N)(c1ccccc1)C(C)C. The van der Waals surface area contributed by atoms with Crippen molar-refractivity contribution in [2.24, 2.45) is 5.92 Å². The second-order valence-corrected chi connectivity index (χ2v) is 9.26. The van der Waals surface area contributed by atoms with Crippen LogP contribution in [0.15, 0.2) is 54.6 Å². The highest BCUT2D eigenvalue weighted by Crippen LogP contribution is 2.36. The van der Waals surface area contributed by atoms with E-state index in [1.54, 1.807) is 12.1 Å². The van der Waals surface area contributed by atoms with Gasteiger partial charge in [0.2, 0.25) is 0 Å². The van der Waals surface area contributed by atoms with Gasteiger partial charge in [-0.15, -0.1) is 0 Å². The molecule has 1 heterocycles. The van der Waals surface area contributed by atoms with Crippen LogP contribution in [-0.2, 0) is 14.9 Å². The number of piperazine rings is 1. The Balaban J connectivity index is 1.64. The molecular formula is C28H36FN3O3. The highest BCUT2D eigenvalue weighted by molar-refractivity contribution is 5.76. The maximum atomic E-state index is 13.1. The smallest absolute Gasteiger partial charge is 0.324 e. The zero-order valence-corrected chi connectivity index (χ0v) is 21.0. The summed E-state index contributed by atoms with van der Waals surface area (Å²) in [4.78, 5) is 17.2. The molecule has 1 saturated heterocycles. The highest BCUT2D eigenvalue weighted by Gasteiger charge is 2.39. The van der Waals surface area contributed by atoms with Gasteiger partial charge in [-0.1, -0.05) is 44.2 Å². The lowest BCUT2D eigenvalue weighted by Crippen LogP contribution is -2.58.